The molecule has 0 saturated heterocycles. The molecule has 2 aromatic rings. The SMILES string of the molecule is Cc1ccc(-n2cc(C(=O)NC3CCCCC3CN)nn2)cc1. The fourth-order valence-corrected chi connectivity index (χ4v) is 3.11. The summed E-state index contributed by atoms with van der Waals surface area (Å²) in [7, 11) is 0. The molecular formula is C17H23N5O. The lowest BCUT2D eigenvalue weighted by atomic mass is 9.84. The molecule has 1 aromatic carbocycles. The van der Waals surface area contributed by atoms with Gasteiger partial charge in [0.15, 0.2) is 5.69 Å². The molecule has 2 unspecified atom stereocenters. The molecule has 0 bridgehead atoms. The molecule has 6 heteroatoms. The number of aromatic nitrogens is 3. The molecule has 122 valence electrons. The van der Waals surface area contributed by atoms with E-state index < -0.39 is 0 Å². The number of nitrogens with zero attached hydrogens (tertiary/aromatic N) is 3. The zero-order chi connectivity index (χ0) is 16.2. The van der Waals surface area contributed by atoms with Gasteiger partial charge in [-0.15, -0.1) is 5.10 Å². The molecule has 1 fully saturated rings. The molecule has 1 aliphatic carbocycles. The molecule has 2 atom stereocenters. The number of nitrogens with two attached hydrogens (primary N) is 1. The van der Waals surface area contributed by atoms with Gasteiger partial charge in [0.25, 0.3) is 5.91 Å². The molecular weight excluding hydrogens is 290 g/mol. The molecule has 1 saturated carbocycles. The number of aryl methyl sites for hydroxylation is 1. The molecule has 23 heavy (non-hydrogen) atoms. The quantitative estimate of drug-likeness (QED) is 0.901. The van der Waals surface area contributed by atoms with Gasteiger partial charge in [-0.2, -0.15) is 0 Å². The van der Waals surface area contributed by atoms with Gasteiger partial charge in [-0.25, -0.2) is 4.68 Å². The maximum atomic E-state index is 12.4. The van der Waals surface area contributed by atoms with Crippen molar-refractivity contribution in [3.05, 3.63) is 41.7 Å². The van der Waals surface area contributed by atoms with Gasteiger partial charge < -0.3 is 11.1 Å². The van der Waals surface area contributed by atoms with Gasteiger partial charge in [0.2, 0.25) is 0 Å². The van der Waals surface area contributed by atoms with Crippen LogP contribution in [0, 0.1) is 12.8 Å². The van der Waals surface area contributed by atoms with Crippen LogP contribution in [0.3, 0.4) is 0 Å². The van der Waals surface area contributed by atoms with Crippen LogP contribution in [0.15, 0.2) is 30.5 Å². The Labute approximate surface area is 136 Å². The van der Waals surface area contributed by atoms with E-state index in [2.05, 4.69) is 15.6 Å². The van der Waals surface area contributed by atoms with E-state index >= 15 is 0 Å². The van der Waals surface area contributed by atoms with E-state index in [-0.39, 0.29) is 11.9 Å². The summed E-state index contributed by atoms with van der Waals surface area (Å²) in [6.45, 7) is 2.64. The zero-order valence-corrected chi connectivity index (χ0v) is 13.4. The van der Waals surface area contributed by atoms with Crippen molar-refractivity contribution in [1.29, 1.82) is 0 Å². The van der Waals surface area contributed by atoms with Gasteiger partial charge in [-0.3, -0.25) is 4.79 Å². The molecule has 3 rings (SSSR count). The summed E-state index contributed by atoms with van der Waals surface area (Å²) >= 11 is 0. The van der Waals surface area contributed by atoms with Crippen LogP contribution in [0.4, 0.5) is 0 Å². The lowest BCUT2D eigenvalue weighted by Crippen LogP contribution is -2.44. The highest BCUT2D eigenvalue weighted by molar-refractivity contribution is 5.92. The summed E-state index contributed by atoms with van der Waals surface area (Å²) in [5.41, 5.74) is 8.22. The average molecular weight is 313 g/mol. The first-order chi connectivity index (χ1) is 11.2. The highest BCUT2D eigenvalue weighted by atomic mass is 16.2. The second-order valence-electron chi connectivity index (χ2n) is 6.24. The minimum atomic E-state index is -0.172. The maximum Gasteiger partial charge on any atom is 0.273 e. The lowest BCUT2D eigenvalue weighted by Gasteiger charge is -2.30. The van der Waals surface area contributed by atoms with Gasteiger partial charge in [0.1, 0.15) is 0 Å². The van der Waals surface area contributed by atoms with E-state index in [1.54, 1.807) is 10.9 Å². The van der Waals surface area contributed by atoms with Crippen molar-refractivity contribution < 1.29 is 4.79 Å². The van der Waals surface area contributed by atoms with E-state index in [0.29, 0.717) is 18.2 Å². The Morgan fingerprint density at radius 2 is 2.04 bits per heavy atom. The Hall–Kier alpha value is -2.21. The van der Waals surface area contributed by atoms with Crippen LogP contribution in [0.25, 0.3) is 5.69 Å². The molecule has 3 N–H and O–H groups in total. The second kappa shape index (κ2) is 6.91. The first-order valence-corrected chi connectivity index (χ1v) is 8.17. The smallest absolute Gasteiger partial charge is 0.273 e. The first kappa shape index (κ1) is 15.7. The summed E-state index contributed by atoms with van der Waals surface area (Å²) in [4.78, 5) is 12.4. The number of carbonyl (C=O) groups excluding carboxylic acids is 1. The summed E-state index contributed by atoms with van der Waals surface area (Å²) in [5, 5.41) is 11.1. The molecule has 1 aliphatic rings. The van der Waals surface area contributed by atoms with Crippen LogP contribution in [0.5, 0.6) is 0 Å². The van der Waals surface area contributed by atoms with Crippen LogP contribution in [0.1, 0.15) is 41.7 Å². The highest BCUT2D eigenvalue weighted by Crippen LogP contribution is 2.23. The predicted octanol–water partition coefficient (Wildman–Crippen LogP) is 1.82. The molecule has 0 aliphatic heterocycles. The van der Waals surface area contributed by atoms with Crippen molar-refractivity contribution in [1.82, 2.24) is 20.3 Å². The maximum absolute atomic E-state index is 12.4. The minimum Gasteiger partial charge on any atom is -0.348 e. The topological polar surface area (TPSA) is 85.8 Å². The number of nitrogens with one attached hydrogen (secondary N) is 1. The molecule has 0 radical (unpaired) electrons. The lowest BCUT2D eigenvalue weighted by molar-refractivity contribution is 0.0903. The van der Waals surface area contributed by atoms with Crippen molar-refractivity contribution in [2.45, 2.75) is 38.6 Å². The van der Waals surface area contributed by atoms with Crippen molar-refractivity contribution in [3.8, 4) is 5.69 Å². The Morgan fingerprint density at radius 1 is 1.30 bits per heavy atom. The van der Waals surface area contributed by atoms with Crippen LogP contribution < -0.4 is 11.1 Å². The minimum absolute atomic E-state index is 0.144. The Kier molecular flexibility index (Phi) is 4.71. The Morgan fingerprint density at radius 3 is 2.78 bits per heavy atom. The summed E-state index contributed by atoms with van der Waals surface area (Å²) < 4.78 is 1.62. The molecule has 6 nitrogen and oxygen atoms in total. The number of amides is 1. The Balaban J connectivity index is 1.69. The van der Waals surface area contributed by atoms with E-state index in [9.17, 15) is 4.79 Å². The monoisotopic (exact) mass is 313 g/mol. The average Bonchev–Trinajstić information content (AvgIpc) is 3.06. The fourth-order valence-electron chi connectivity index (χ4n) is 3.11. The normalized spacial score (nSPS) is 21.1. The first-order valence-electron chi connectivity index (χ1n) is 8.17. The zero-order valence-electron chi connectivity index (χ0n) is 13.4. The van der Waals surface area contributed by atoms with Gasteiger partial charge in [0, 0.05) is 6.04 Å². The second-order valence-corrected chi connectivity index (χ2v) is 6.24. The number of benzene rings is 1. The third-order valence-corrected chi connectivity index (χ3v) is 4.55. The number of hydrogen-bond acceptors (Lipinski definition) is 4. The molecule has 1 aromatic heterocycles. The van der Waals surface area contributed by atoms with E-state index in [0.717, 1.165) is 24.9 Å². The van der Waals surface area contributed by atoms with Crippen molar-refractivity contribution in [3.63, 3.8) is 0 Å². The van der Waals surface area contributed by atoms with E-state index in [1.165, 1.54) is 12.0 Å². The summed E-state index contributed by atoms with van der Waals surface area (Å²) in [6.07, 6.45) is 6.06. The third-order valence-electron chi connectivity index (χ3n) is 4.55. The van der Waals surface area contributed by atoms with Gasteiger partial charge >= 0.3 is 0 Å². The Bertz CT molecular complexity index is 664. The van der Waals surface area contributed by atoms with Crippen LogP contribution in [-0.2, 0) is 0 Å². The van der Waals surface area contributed by atoms with Crippen molar-refractivity contribution in [2.75, 3.05) is 6.54 Å². The fraction of sp³-hybridized carbons (Fsp3) is 0.471. The summed E-state index contributed by atoms with van der Waals surface area (Å²) in [5.74, 6) is 0.188. The van der Waals surface area contributed by atoms with Gasteiger partial charge in [-0.1, -0.05) is 35.8 Å². The molecule has 0 spiro atoms. The summed E-state index contributed by atoms with van der Waals surface area (Å²) in [6, 6.07) is 8.06. The van der Waals surface area contributed by atoms with Crippen molar-refractivity contribution >= 4 is 5.91 Å². The number of hydrogen-bond donors (Lipinski definition) is 2. The number of rotatable bonds is 4. The van der Waals surface area contributed by atoms with Crippen molar-refractivity contribution in [2.24, 2.45) is 11.7 Å². The van der Waals surface area contributed by atoms with Crippen LogP contribution >= 0.6 is 0 Å². The van der Waals surface area contributed by atoms with Gasteiger partial charge in [-0.05, 0) is 44.4 Å². The largest absolute Gasteiger partial charge is 0.348 e. The molecule has 1 amide bonds. The molecule has 1 heterocycles. The highest BCUT2D eigenvalue weighted by Gasteiger charge is 2.26. The van der Waals surface area contributed by atoms with E-state index in [1.807, 2.05) is 31.2 Å². The van der Waals surface area contributed by atoms with E-state index in [4.69, 9.17) is 5.73 Å². The van der Waals surface area contributed by atoms with Gasteiger partial charge in [0.05, 0.1) is 11.9 Å². The standard InChI is InChI=1S/C17H23N5O/c1-12-6-8-14(9-7-12)22-11-16(20-21-22)17(23)19-15-5-3-2-4-13(15)10-18/h6-9,11,13,15H,2-5,10,18H2,1H3,(H,19,23). The van der Waals surface area contributed by atoms with Crippen LogP contribution in [0.2, 0.25) is 0 Å². The number of carbonyl (C=O) groups is 1. The van der Waals surface area contributed by atoms with Crippen LogP contribution in [-0.4, -0.2) is 33.5 Å². The third kappa shape index (κ3) is 3.59. The predicted molar refractivity (Wildman–Crippen MR) is 88.4 cm³/mol.